The molecule has 0 aliphatic heterocycles. The lowest BCUT2D eigenvalue weighted by atomic mass is 10.1. The van der Waals surface area contributed by atoms with Crippen LogP contribution in [0.2, 0.25) is 0 Å². The van der Waals surface area contributed by atoms with Crippen LogP contribution in [0.15, 0.2) is 30.3 Å². The van der Waals surface area contributed by atoms with E-state index in [9.17, 15) is 4.79 Å². The molecule has 144 valence electrons. The summed E-state index contributed by atoms with van der Waals surface area (Å²) in [4.78, 5) is 12.0. The Balaban J connectivity index is 0.00000576. The minimum absolute atomic E-state index is 0. The lowest BCUT2D eigenvalue weighted by Crippen LogP contribution is -3.00. The van der Waals surface area contributed by atoms with Crippen molar-refractivity contribution in [2.75, 3.05) is 27.2 Å². The number of hydrogen-bond donors (Lipinski definition) is 0. The average Bonchev–Trinajstić information content (AvgIpc) is 2.53. The highest BCUT2D eigenvalue weighted by Gasteiger charge is 2.21. The van der Waals surface area contributed by atoms with Crippen LogP contribution in [0.1, 0.15) is 63.9 Å². The van der Waals surface area contributed by atoms with Gasteiger partial charge in [0.15, 0.2) is 6.54 Å². The maximum absolute atomic E-state index is 12.0. The van der Waals surface area contributed by atoms with E-state index in [1.54, 1.807) is 0 Å². The Hall–Kier alpha value is -1.06. The van der Waals surface area contributed by atoms with Crippen molar-refractivity contribution in [1.82, 2.24) is 0 Å². The zero-order valence-electron chi connectivity index (χ0n) is 16.3. The maximum Gasteiger partial charge on any atom is 0.361 e. The van der Waals surface area contributed by atoms with Gasteiger partial charge >= 0.3 is 5.97 Å². The predicted octanol–water partition coefficient (Wildman–Crippen LogP) is 1.95. The number of carbonyl (C=O) groups is 1. The fourth-order valence-corrected chi connectivity index (χ4v) is 2.95. The van der Waals surface area contributed by atoms with Crippen LogP contribution in [0.3, 0.4) is 0 Å². The van der Waals surface area contributed by atoms with Crippen molar-refractivity contribution in [3.05, 3.63) is 35.9 Å². The normalized spacial score (nSPS) is 11.0. The molecule has 0 aromatic heterocycles. The Kier molecular flexibility index (Phi) is 13.5. The third-order valence-electron chi connectivity index (χ3n) is 4.27. The summed E-state index contributed by atoms with van der Waals surface area (Å²) in [5.74, 6) is -0.0844. The van der Waals surface area contributed by atoms with Crippen LogP contribution in [0.25, 0.3) is 0 Å². The first-order valence-corrected chi connectivity index (χ1v) is 9.55. The van der Waals surface area contributed by atoms with Crippen molar-refractivity contribution in [1.29, 1.82) is 0 Å². The van der Waals surface area contributed by atoms with E-state index in [0.29, 0.717) is 17.6 Å². The number of hydrogen-bond acceptors (Lipinski definition) is 2. The lowest BCUT2D eigenvalue weighted by Gasteiger charge is -2.28. The van der Waals surface area contributed by atoms with Crippen LogP contribution in [-0.2, 0) is 16.1 Å². The molecule has 0 bridgehead atoms. The SMILES string of the molecule is CCCCCCCCCCOC(=O)C[N+](C)(C)Cc1ccccc1.[Cl-]. The second kappa shape index (κ2) is 14.1. The second-order valence-corrected chi connectivity index (χ2v) is 7.43. The number of quaternary nitrogens is 1. The molecule has 1 aromatic rings. The molecule has 0 atom stereocenters. The van der Waals surface area contributed by atoms with Gasteiger partial charge in [-0.15, -0.1) is 0 Å². The number of ether oxygens (including phenoxy) is 1. The van der Waals surface area contributed by atoms with Crippen molar-refractivity contribution in [2.24, 2.45) is 0 Å². The highest BCUT2D eigenvalue weighted by atomic mass is 35.5. The summed E-state index contributed by atoms with van der Waals surface area (Å²) in [6.45, 7) is 4.08. The summed E-state index contributed by atoms with van der Waals surface area (Å²) < 4.78 is 6.03. The highest BCUT2D eigenvalue weighted by molar-refractivity contribution is 5.70. The van der Waals surface area contributed by atoms with Gasteiger partial charge in [0, 0.05) is 5.56 Å². The molecule has 0 aliphatic carbocycles. The van der Waals surface area contributed by atoms with Gasteiger partial charge in [0.1, 0.15) is 6.54 Å². The van der Waals surface area contributed by atoms with Gasteiger partial charge in [-0.2, -0.15) is 0 Å². The number of esters is 1. The Morgan fingerprint density at radius 3 is 2.08 bits per heavy atom. The molecular formula is C21H36ClNO2. The summed E-state index contributed by atoms with van der Waals surface area (Å²) in [7, 11) is 4.15. The Morgan fingerprint density at radius 2 is 1.48 bits per heavy atom. The van der Waals surface area contributed by atoms with E-state index in [2.05, 4.69) is 33.2 Å². The van der Waals surface area contributed by atoms with Crippen molar-refractivity contribution in [2.45, 2.75) is 64.8 Å². The summed E-state index contributed by atoms with van der Waals surface area (Å²) in [6.07, 6.45) is 10.1. The number of unbranched alkanes of at least 4 members (excludes halogenated alkanes) is 7. The molecule has 3 nitrogen and oxygen atoms in total. The quantitative estimate of drug-likeness (QED) is 0.302. The van der Waals surface area contributed by atoms with E-state index in [1.807, 2.05) is 18.2 Å². The van der Waals surface area contributed by atoms with Crippen LogP contribution in [-0.4, -0.2) is 37.7 Å². The first kappa shape index (κ1) is 23.9. The Labute approximate surface area is 160 Å². The molecule has 1 aromatic carbocycles. The highest BCUT2D eigenvalue weighted by Crippen LogP contribution is 2.10. The predicted molar refractivity (Wildman–Crippen MR) is 101 cm³/mol. The van der Waals surface area contributed by atoms with Gasteiger partial charge in [-0.25, -0.2) is 4.79 Å². The summed E-state index contributed by atoms with van der Waals surface area (Å²) in [5.41, 5.74) is 1.25. The average molecular weight is 370 g/mol. The monoisotopic (exact) mass is 369 g/mol. The van der Waals surface area contributed by atoms with E-state index >= 15 is 0 Å². The van der Waals surface area contributed by atoms with Gasteiger partial charge in [0.25, 0.3) is 0 Å². The molecule has 0 amide bonds. The number of halogens is 1. The van der Waals surface area contributed by atoms with Crippen LogP contribution < -0.4 is 12.4 Å². The topological polar surface area (TPSA) is 26.3 Å². The van der Waals surface area contributed by atoms with Gasteiger partial charge in [-0.1, -0.05) is 82.2 Å². The molecule has 0 unspecified atom stereocenters. The maximum atomic E-state index is 12.0. The van der Waals surface area contributed by atoms with Gasteiger partial charge < -0.3 is 21.6 Å². The molecule has 0 radical (unpaired) electrons. The molecule has 0 heterocycles. The standard InChI is InChI=1S/C21H36NO2.ClH/c1-4-5-6-7-8-9-10-14-17-24-21(23)19-22(2,3)18-20-15-12-11-13-16-20;/h11-13,15-16H,4-10,14,17-19H2,1-3H3;1H/q+1;/p-1. The van der Waals surface area contributed by atoms with Crippen molar-refractivity contribution >= 4 is 5.97 Å². The molecule has 0 aliphatic rings. The van der Waals surface area contributed by atoms with Gasteiger partial charge in [-0.05, 0) is 6.42 Å². The number of likely N-dealkylation sites (N-methyl/N-ethyl adjacent to an activating group) is 1. The molecule has 1 rings (SSSR count). The van der Waals surface area contributed by atoms with Crippen LogP contribution >= 0.6 is 0 Å². The molecule has 0 saturated heterocycles. The largest absolute Gasteiger partial charge is 1.00 e. The fraction of sp³-hybridized carbons (Fsp3) is 0.667. The smallest absolute Gasteiger partial charge is 0.361 e. The third-order valence-corrected chi connectivity index (χ3v) is 4.27. The minimum atomic E-state index is -0.0844. The minimum Gasteiger partial charge on any atom is -1.00 e. The van der Waals surface area contributed by atoms with Crippen molar-refractivity contribution in [3.8, 4) is 0 Å². The molecule has 0 fully saturated rings. The molecular weight excluding hydrogens is 334 g/mol. The fourth-order valence-electron chi connectivity index (χ4n) is 2.95. The number of benzene rings is 1. The molecule has 0 N–H and O–H groups in total. The zero-order chi connectivity index (χ0) is 17.7. The molecule has 25 heavy (non-hydrogen) atoms. The van der Waals surface area contributed by atoms with Crippen LogP contribution in [0, 0.1) is 0 Å². The van der Waals surface area contributed by atoms with Gasteiger partial charge in [0.2, 0.25) is 0 Å². The third kappa shape index (κ3) is 12.9. The Bertz CT molecular complexity index is 448. The Morgan fingerprint density at radius 1 is 0.920 bits per heavy atom. The zero-order valence-corrected chi connectivity index (χ0v) is 17.1. The van der Waals surface area contributed by atoms with E-state index in [-0.39, 0.29) is 18.4 Å². The number of nitrogens with zero attached hydrogens (tertiary/aromatic N) is 1. The van der Waals surface area contributed by atoms with Crippen LogP contribution in [0.5, 0.6) is 0 Å². The first-order chi connectivity index (χ1) is 11.5. The molecule has 4 heteroatoms. The molecule has 0 spiro atoms. The summed E-state index contributed by atoms with van der Waals surface area (Å²) >= 11 is 0. The summed E-state index contributed by atoms with van der Waals surface area (Å²) in [6, 6.07) is 10.3. The van der Waals surface area contributed by atoms with Gasteiger partial charge in [-0.3, -0.25) is 0 Å². The molecule has 0 saturated carbocycles. The van der Waals surface area contributed by atoms with Gasteiger partial charge in [0.05, 0.1) is 20.7 Å². The van der Waals surface area contributed by atoms with Crippen LogP contribution in [0.4, 0.5) is 0 Å². The summed E-state index contributed by atoms with van der Waals surface area (Å²) in [5, 5.41) is 0. The van der Waals surface area contributed by atoms with Crippen molar-refractivity contribution < 1.29 is 26.4 Å². The number of rotatable bonds is 13. The van der Waals surface area contributed by atoms with E-state index in [4.69, 9.17) is 4.74 Å². The van der Waals surface area contributed by atoms with E-state index < -0.39 is 0 Å². The second-order valence-electron chi connectivity index (χ2n) is 7.43. The lowest BCUT2D eigenvalue weighted by molar-refractivity contribution is -0.896. The van der Waals surface area contributed by atoms with Crippen molar-refractivity contribution in [3.63, 3.8) is 0 Å². The first-order valence-electron chi connectivity index (χ1n) is 9.55. The van der Waals surface area contributed by atoms with E-state index in [1.165, 1.54) is 50.5 Å². The number of carbonyl (C=O) groups excluding carboxylic acids is 1. The van der Waals surface area contributed by atoms with E-state index in [0.717, 1.165) is 13.0 Å².